The van der Waals surface area contributed by atoms with Crippen LogP contribution in [0.15, 0.2) is 18.2 Å². The van der Waals surface area contributed by atoms with Crippen LogP contribution < -0.4 is 5.32 Å². The van der Waals surface area contributed by atoms with Gasteiger partial charge in [-0.05, 0) is 37.1 Å². The van der Waals surface area contributed by atoms with Gasteiger partial charge in [0.2, 0.25) is 0 Å². The van der Waals surface area contributed by atoms with E-state index in [1.807, 2.05) is 19.1 Å². The average Bonchev–Trinajstić information content (AvgIpc) is 2.16. The molecule has 1 aromatic rings. The Balaban J connectivity index is 2.65. The third-order valence-corrected chi connectivity index (χ3v) is 2.68. The molecule has 1 rings (SSSR count). The summed E-state index contributed by atoms with van der Waals surface area (Å²) in [5, 5.41) is 4.32. The van der Waals surface area contributed by atoms with E-state index in [1.165, 1.54) is 0 Å². The molecular weight excluding hydrogens is 277 g/mol. The van der Waals surface area contributed by atoms with Crippen molar-refractivity contribution in [2.24, 2.45) is 0 Å². The largest absolute Gasteiger partial charge is 0.352 e. The van der Waals surface area contributed by atoms with Gasteiger partial charge >= 0.3 is 0 Å². The van der Waals surface area contributed by atoms with E-state index in [1.54, 1.807) is 6.07 Å². The van der Waals surface area contributed by atoms with Crippen molar-refractivity contribution in [3.63, 3.8) is 0 Å². The van der Waals surface area contributed by atoms with Crippen LogP contribution in [-0.2, 0) is 0 Å². The average molecular weight is 291 g/mol. The van der Waals surface area contributed by atoms with Gasteiger partial charge in [-0.3, -0.25) is 4.79 Å². The summed E-state index contributed by atoms with van der Waals surface area (Å²) in [5.41, 5.74) is 1.61. The molecule has 0 bridgehead atoms. The molecule has 1 N–H and O–H groups in total. The van der Waals surface area contributed by atoms with Crippen molar-refractivity contribution < 1.29 is 4.79 Å². The predicted octanol–water partition coefficient (Wildman–Crippen LogP) is 3.16. The third-order valence-electron chi connectivity index (χ3n) is 1.90. The van der Waals surface area contributed by atoms with Crippen molar-refractivity contribution in [1.82, 2.24) is 5.32 Å². The van der Waals surface area contributed by atoms with E-state index in [0.29, 0.717) is 17.1 Å². The minimum atomic E-state index is -0.0680. The second-order valence-electron chi connectivity index (χ2n) is 3.32. The molecule has 4 heteroatoms. The van der Waals surface area contributed by atoms with Gasteiger partial charge in [0.25, 0.3) is 5.91 Å². The summed E-state index contributed by atoms with van der Waals surface area (Å²) in [6.07, 6.45) is 0.922. The molecule has 0 saturated carbocycles. The van der Waals surface area contributed by atoms with Crippen molar-refractivity contribution in [2.45, 2.75) is 13.3 Å². The Bertz CT molecular complexity index is 334. The summed E-state index contributed by atoms with van der Waals surface area (Å²) in [6.45, 7) is 2.59. The van der Waals surface area contributed by atoms with Crippen LogP contribution in [0.1, 0.15) is 22.3 Å². The lowest BCUT2D eigenvalue weighted by molar-refractivity contribution is 0.0954. The lowest BCUT2D eigenvalue weighted by Gasteiger charge is -2.05. The molecule has 0 saturated heterocycles. The zero-order chi connectivity index (χ0) is 11.3. The van der Waals surface area contributed by atoms with Crippen LogP contribution in [0.5, 0.6) is 0 Å². The van der Waals surface area contributed by atoms with Crippen LogP contribution in [0.2, 0.25) is 5.02 Å². The number of carbonyl (C=O) groups is 1. The molecule has 1 amide bonds. The molecule has 0 aliphatic rings. The Morgan fingerprint density at radius 2 is 2.20 bits per heavy atom. The summed E-state index contributed by atoms with van der Waals surface area (Å²) in [4.78, 5) is 11.6. The van der Waals surface area contributed by atoms with E-state index < -0.39 is 0 Å². The Morgan fingerprint density at radius 3 is 2.80 bits per heavy atom. The van der Waals surface area contributed by atoms with Crippen LogP contribution in [0.25, 0.3) is 0 Å². The fourth-order valence-electron chi connectivity index (χ4n) is 1.24. The van der Waals surface area contributed by atoms with Crippen molar-refractivity contribution in [1.29, 1.82) is 0 Å². The molecular formula is C11H13BrClNO. The lowest BCUT2D eigenvalue weighted by atomic mass is 10.1. The number of benzene rings is 1. The maximum atomic E-state index is 11.6. The first-order valence-electron chi connectivity index (χ1n) is 4.75. The highest BCUT2D eigenvalue weighted by Crippen LogP contribution is 2.14. The summed E-state index contributed by atoms with van der Waals surface area (Å²) >= 11 is 9.17. The zero-order valence-electron chi connectivity index (χ0n) is 8.52. The number of rotatable bonds is 4. The van der Waals surface area contributed by atoms with Gasteiger partial charge < -0.3 is 5.32 Å². The Morgan fingerprint density at radius 1 is 1.47 bits per heavy atom. The number of halogens is 2. The van der Waals surface area contributed by atoms with Gasteiger partial charge in [-0.1, -0.05) is 27.5 Å². The first kappa shape index (κ1) is 12.5. The Labute approximate surface area is 103 Å². The molecule has 0 radical (unpaired) electrons. The van der Waals surface area contributed by atoms with Crippen molar-refractivity contribution >= 4 is 33.4 Å². The Kier molecular flexibility index (Phi) is 5.12. The number of carbonyl (C=O) groups excluding carboxylic acids is 1. The molecule has 15 heavy (non-hydrogen) atoms. The monoisotopic (exact) mass is 289 g/mol. The van der Waals surface area contributed by atoms with E-state index in [9.17, 15) is 4.79 Å². The number of hydrogen-bond acceptors (Lipinski definition) is 1. The van der Waals surface area contributed by atoms with Crippen LogP contribution in [0.3, 0.4) is 0 Å². The standard InChI is InChI=1S/C11H13BrClNO/c1-8-5-9(7-10(13)6-8)11(15)14-4-2-3-12/h5-7H,2-4H2,1H3,(H,14,15). The molecule has 2 nitrogen and oxygen atoms in total. The molecule has 82 valence electrons. The highest BCUT2D eigenvalue weighted by molar-refractivity contribution is 9.09. The van der Waals surface area contributed by atoms with Crippen LogP contribution >= 0.6 is 27.5 Å². The second-order valence-corrected chi connectivity index (χ2v) is 4.55. The van der Waals surface area contributed by atoms with Gasteiger partial charge in [0.15, 0.2) is 0 Å². The van der Waals surface area contributed by atoms with Crippen LogP contribution in [0, 0.1) is 6.92 Å². The number of amides is 1. The molecule has 0 aliphatic heterocycles. The third kappa shape index (κ3) is 4.22. The van der Waals surface area contributed by atoms with Gasteiger partial charge in [-0.15, -0.1) is 0 Å². The zero-order valence-corrected chi connectivity index (χ0v) is 10.9. The topological polar surface area (TPSA) is 29.1 Å². The summed E-state index contributed by atoms with van der Waals surface area (Å²) in [5.74, 6) is -0.0680. The van der Waals surface area contributed by atoms with Crippen molar-refractivity contribution in [3.05, 3.63) is 34.3 Å². The fourth-order valence-corrected chi connectivity index (χ4v) is 1.81. The highest BCUT2D eigenvalue weighted by atomic mass is 79.9. The van der Waals surface area contributed by atoms with Gasteiger partial charge in [0, 0.05) is 22.5 Å². The summed E-state index contributed by atoms with van der Waals surface area (Å²) < 4.78 is 0. The van der Waals surface area contributed by atoms with E-state index >= 15 is 0 Å². The quantitative estimate of drug-likeness (QED) is 0.670. The van der Waals surface area contributed by atoms with Gasteiger partial charge in [0.1, 0.15) is 0 Å². The Hall–Kier alpha value is -0.540. The molecule has 0 unspecified atom stereocenters. The van der Waals surface area contributed by atoms with E-state index in [-0.39, 0.29) is 5.91 Å². The highest BCUT2D eigenvalue weighted by Gasteiger charge is 2.05. The van der Waals surface area contributed by atoms with Gasteiger partial charge in [-0.25, -0.2) is 0 Å². The maximum Gasteiger partial charge on any atom is 0.251 e. The maximum absolute atomic E-state index is 11.6. The molecule has 0 spiro atoms. The minimum Gasteiger partial charge on any atom is -0.352 e. The first-order valence-corrected chi connectivity index (χ1v) is 6.25. The second kappa shape index (κ2) is 6.13. The SMILES string of the molecule is Cc1cc(Cl)cc(C(=O)NCCCBr)c1. The van der Waals surface area contributed by atoms with Crippen LogP contribution in [0.4, 0.5) is 0 Å². The fraction of sp³-hybridized carbons (Fsp3) is 0.364. The molecule has 0 atom stereocenters. The van der Waals surface area contributed by atoms with Gasteiger partial charge in [0.05, 0.1) is 0 Å². The number of aryl methyl sites for hydroxylation is 1. The number of hydrogen-bond donors (Lipinski definition) is 1. The number of nitrogens with one attached hydrogen (secondary N) is 1. The smallest absolute Gasteiger partial charge is 0.251 e. The van der Waals surface area contributed by atoms with E-state index in [2.05, 4.69) is 21.2 Å². The molecule has 0 aromatic heterocycles. The summed E-state index contributed by atoms with van der Waals surface area (Å²) in [7, 11) is 0. The molecule has 1 aromatic carbocycles. The number of alkyl halides is 1. The van der Waals surface area contributed by atoms with E-state index in [0.717, 1.165) is 17.3 Å². The van der Waals surface area contributed by atoms with Crippen molar-refractivity contribution in [2.75, 3.05) is 11.9 Å². The van der Waals surface area contributed by atoms with E-state index in [4.69, 9.17) is 11.6 Å². The lowest BCUT2D eigenvalue weighted by Crippen LogP contribution is -2.24. The molecule has 0 fully saturated rings. The van der Waals surface area contributed by atoms with Crippen LogP contribution in [-0.4, -0.2) is 17.8 Å². The molecule has 0 heterocycles. The normalized spacial score (nSPS) is 10.1. The predicted molar refractivity (Wildman–Crippen MR) is 66.9 cm³/mol. The van der Waals surface area contributed by atoms with Gasteiger partial charge in [-0.2, -0.15) is 0 Å². The minimum absolute atomic E-state index is 0.0680. The summed E-state index contributed by atoms with van der Waals surface area (Å²) in [6, 6.07) is 5.34. The first-order chi connectivity index (χ1) is 7.13. The molecule has 0 aliphatic carbocycles. The van der Waals surface area contributed by atoms with Crippen molar-refractivity contribution in [3.8, 4) is 0 Å².